The third-order valence-electron chi connectivity index (χ3n) is 7.47. The van der Waals surface area contributed by atoms with E-state index in [0.29, 0.717) is 43.0 Å². The Bertz CT molecular complexity index is 1140. The minimum atomic E-state index is -0.687. The molecule has 3 amide bonds. The van der Waals surface area contributed by atoms with Crippen molar-refractivity contribution in [1.82, 2.24) is 14.8 Å². The van der Waals surface area contributed by atoms with E-state index in [1.54, 1.807) is 18.2 Å². The predicted molar refractivity (Wildman–Crippen MR) is 135 cm³/mol. The monoisotopic (exact) mass is 495 g/mol. The van der Waals surface area contributed by atoms with Gasteiger partial charge in [0.25, 0.3) is 0 Å². The molecule has 2 heterocycles. The summed E-state index contributed by atoms with van der Waals surface area (Å²) in [7, 11) is 0. The zero-order valence-corrected chi connectivity index (χ0v) is 21.0. The summed E-state index contributed by atoms with van der Waals surface area (Å²) in [5, 5.41) is 2.65. The minimum Gasteiger partial charge on any atom is -0.383 e. The highest BCUT2D eigenvalue weighted by Gasteiger charge is 2.55. The van der Waals surface area contributed by atoms with Crippen LogP contribution in [0.15, 0.2) is 42.6 Å². The van der Waals surface area contributed by atoms with Crippen molar-refractivity contribution in [3.63, 3.8) is 0 Å². The Balaban J connectivity index is 0.000000375. The molecule has 5 rings (SSSR count). The van der Waals surface area contributed by atoms with Crippen LogP contribution in [-0.2, 0) is 14.4 Å². The van der Waals surface area contributed by atoms with E-state index < -0.39 is 11.8 Å². The van der Waals surface area contributed by atoms with Gasteiger partial charge in [0.2, 0.25) is 5.91 Å². The quantitative estimate of drug-likeness (QED) is 0.635. The number of pyridine rings is 1. The fourth-order valence-electron chi connectivity index (χ4n) is 4.67. The summed E-state index contributed by atoms with van der Waals surface area (Å²) >= 11 is 0. The first-order valence-corrected chi connectivity index (χ1v) is 12.5. The van der Waals surface area contributed by atoms with Gasteiger partial charge in [0.1, 0.15) is 11.6 Å². The van der Waals surface area contributed by atoms with E-state index in [1.807, 2.05) is 24.8 Å². The Morgan fingerprint density at radius 3 is 2.33 bits per heavy atom. The lowest BCUT2D eigenvalue weighted by molar-refractivity contribution is -0.149. The number of anilines is 2. The molecular weight excluding hydrogens is 461 g/mol. The van der Waals surface area contributed by atoms with Crippen molar-refractivity contribution < 1.29 is 18.8 Å². The summed E-state index contributed by atoms with van der Waals surface area (Å²) in [6.45, 7) is 7.20. The van der Waals surface area contributed by atoms with Gasteiger partial charge in [0.15, 0.2) is 0 Å². The molecule has 192 valence electrons. The van der Waals surface area contributed by atoms with E-state index in [0.717, 1.165) is 24.8 Å². The zero-order chi connectivity index (χ0) is 26.0. The highest BCUT2D eigenvalue weighted by molar-refractivity contribution is 6.39. The number of nitrogens with zero attached hydrogens (tertiary/aromatic N) is 3. The molecule has 3 unspecified atom stereocenters. The summed E-state index contributed by atoms with van der Waals surface area (Å²) in [5.41, 5.74) is 7.05. The number of piperazine rings is 1. The van der Waals surface area contributed by atoms with E-state index in [2.05, 4.69) is 17.2 Å². The van der Waals surface area contributed by atoms with E-state index in [4.69, 9.17) is 5.73 Å². The second-order valence-corrected chi connectivity index (χ2v) is 10.3. The lowest BCUT2D eigenvalue weighted by Gasteiger charge is -2.41. The first kappa shape index (κ1) is 25.6. The molecule has 9 heteroatoms. The van der Waals surface area contributed by atoms with Gasteiger partial charge in [-0.3, -0.25) is 14.4 Å². The largest absolute Gasteiger partial charge is 0.383 e. The number of carbonyl (C=O) groups is 3. The molecular formula is C27H34FN5O3. The van der Waals surface area contributed by atoms with Crippen molar-refractivity contribution in [2.24, 2.45) is 11.3 Å². The third kappa shape index (κ3) is 5.66. The molecule has 2 aliphatic carbocycles. The zero-order valence-electron chi connectivity index (χ0n) is 21.0. The maximum Gasteiger partial charge on any atom is 0.313 e. The van der Waals surface area contributed by atoms with Gasteiger partial charge in [0, 0.05) is 31.1 Å². The van der Waals surface area contributed by atoms with Gasteiger partial charge < -0.3 is 20.9 Å². The highest BCUT2D eigenvalue weighted by atomic mass is 19.1. The number of rotatable bonds is 3. The average molecular weight is 496 g/mol. The molecule has 3 N–H and O–H groups in total. The van der Waals surface area contributed by atoms with Crippen molar-refractivity contribution in [3.8, 4) is 0 Å². The third-order valence-corrected chi connectivity index (χ3v) is 7.47. The van der Waals surface area contributed by atoms with Crippen LogP contribution >= 0.6 is 0 Å². The second-order valence-electron chi connectivity index (χ2n) is 10.3. The van der Waals surface area contributed by atoms with Crippen molar-refractivity contribution in [3.05, 3.63) is 54.0 Å². The summed E-state index contributed by atoms with van der Waals surface area (Å²) in [6.07, 6.45) is 4.53. The Labute approximate surface area is 211 Å². The second kappa shape index (κ2) is 10.2. The standard InChI is InChI=1S/C21H29N5O3.C6H5F/c1-12-9-21(12,3)20(29)26-7-6-25(11-13(26)2)19(28)18(27)24-15-8-16(14-4-5-14)17(22)23-10-15;7-6-4-2-1-3-5-6/h8,10,12-14H,4-7,9,11H2,1-3H3,(H2,22,23)(H,24,27);1-5H. The maximum absolute atomic E-state index is 12.8. The van der Waals surface area contributed by atoms with E-state index in [-0.39, 0.29) is 23.2 Å². The van der Waals surface area contributed by atoms with Gasteiger partial charge >= 0.3 is 11.8 Å². The lowest BCUT2D eigenvalue weighted by atomic mass is 10.0. The Hall–Kier alpha value is -3.49. The van der Waals surface area contributed by atoms with Crippen molar-refractivity contribution in [1.29, 1.82) is 0 Å². The molecule has 8 nitrogen and oxygen atoms in total. The number of nitrogen functional groups attached to an aromatic ring is 1. The average Bonchev–Trinajstić information content (AvgIpc) is 3.78. The molecule has 0 bridgehead atoms. The first-order valence-electron chi connectivity index (χ1n) is 12.5. The van der Waals surface area contributed by atoms with Crippen LogP contribution in [0.25, 0.3) is 0 Å². The van der Waals surface area contributed by atoms with Crippen LogP contribution in [0, 0.1) is 17.2 Å². The summed E-state index contributed by atoms with van der Waals surface area (Å²) in [5.74, 6) is -0.00529. The van der Waals surface area contributed by atoms with Crippen LogP contribution in [0.4, 0.5) is 15.9 Å². The van der Waals surface area contributed by atoms with Crippen molar-refractivity contribution >= 4 is 29.2 Å². The fraction of sp³-hybridized carbons (Fsp3) is 0.481. The van der Waals surface area contributed by atoms with Crippen LogP contribution in [0.3, 0.4) is 0 Å². The molecule has 0 radical (unpaired) electrons. The summed E-state index contributed by atoms with van der Waals surface area (Å²) < 4.78 is 11.9. The van der Waals surface area contributed by atoms with Gasteiger partial charge in [-0.1, -0.05) is 32.0 Å². The minimum absolute atomic E-state index is 0.114. The molecule has 3 aliphatic rings. The topological polar surface area (TPSA) is 109 Å². The highest BCUT2D eigenvalue weighted by Crippen LogP contribution is 2.53. The van der Waals surface area contributed by atoms with Gasteiger partial charge in [-0.05, 0) is 61.8 Å². The number of nitrogens with two attached hydrogens (primary N) is 1. The number of carbonyl (C=O) groups excluding carboxylic acids is 3. The maximum atomic E-state index is 12.8. The fourth-order valence-corrected chi connectivity index (χ4v) is 4.67. The van der Waals surface area contributed by atoms with Crippen LogP contribution in [0.5, 0.6) is 0 Å². The summed E-state index contributed by atoms with van der Waals surface area (Å²) in [6, 6.07) is 9.63. The SMILES string of the molecule is CC1CN(C(=O)C(=O)Nc2cnc(N)c(C3CC3)c2)CCN1C(=O)C1(C)CC1C.Fc1ccccc1. The smallest absolute Gasteiger partial charge is 0.313 e. The molecule has 1 saturated heterocycles. The Kier molecular flexibility index (Phi) is 7.28. The van der Waals surface area contributed by atoms with Gasteiger partial charge in [-0.2, -0.15) is 0 Å². The van der Waals surface area contributed by atoms with E-state index in [9.17, 15) is 18.8 Å². The number of nitrogens with one attached hydrogen (secondary N) is 1. The first-order chi connectivity index (χ1) is 17.1. The van der Waals surface area contributed by atoms with Crippen LogP contribution in [0.1, 0.15) is 51.5 Å². The molecule has 0 spiro atoms. The number of aromatic nitrogens is 1. The van der Waals surface area contributed by atoms with Crippen LogP contribution < -0.4 is 11.1 Å². The molecule has 3 fully saturated rings. The van der Waals surface area contributed by atoms with E-state index in [1.165, 1.54) is 23.2 Å². The number of hydrogen-bond donors (Lipinski definition) is 2. The van der Waals surface area contributed by atoms with Crippen molar-refractivity contribution in [2.45, 2.75) is 52.0 Å². The van der Waals surface area contributed by atoms with Gasteiger partial charge in [-0.15, -0.1) is 0 Å². The van der Waals surface area contributed by atoms with Crippen LogP contribution in [0.2, 0.25) is 0 Å². The molecule has 1 aliphatic heterocycles. The molecule has 2 aromatic rings. The number of benzene rings is 1. The molecule has 1 aromatic heterocycles. The molecule has 36 heavy (non-hydrogen) atoms. The predicted octanol–water partition coefficient (Wildman–Crippen LogP) is 3.41. The van der Waals surface area contributed by atoms with Crippen LogP contribution in [-0.4, -0.2) is 58.2 Å². The number of halogens is 1. The molecule has 2 saturated carbocycles. The Morgan fingerprint density at radius 2 is 1.81 bits per heavy atom. The Morgan fingerprint density at radius 1 is 1.14 bits per heavy atom. The number of amides is 3. The normalized spacial score (nSPS) is 24.9. The molecule has 3 atom stereocenters. The van der Waals surface area contributed by atoms with Crippen molar-refractivity contribution in [2.75, 3.05) is 30.7 Å². The lowest BCUT2D eigenvalue weighted by Crippen LogP contribution is -2.58. The summed E-state index contributed by atoms with van der Waals surface area (Å²) in [4.78, 5) is 45.5. The number of hydrogen-bond acceptors (Lipinski definition) is 5. The van der Waals surface area contributed by atoms with Gasteiger partial charge in [-0.25, -0.2) is 9.37 Å². The van der Waals surface area contributed by atoms with E-state index >= 15 is 0 Å². The van der Waals surface area contributed by atoms with Gasteiger partial charge in [0.05, 0.1) is 11.9 Å². The molecule has 1 aromatic carbocycles.